The highest BCUT2D eigenvalue weighted by molar-refractivity contribution is 5.63. The van der Waals surface area contributed by atoms with Gasteiger partial charge in [0.15, 0.2) is 0 Å². The monoisotopic (exact) mass is 330 g/mol. The first-order valence-electron chi connectivity index (χ1n) is 8.03. The number of hydrogen-bond acceptors (Lipinski definition) is 3. The van der Waals surface area contributed by atoms with Crippen LogP contribution in [0, 0.1) is 22.5 Å². The smallest absolute Gasteiger partial charge is 0.135 e. The lowest BCUT2D eigenvalue weighted by Gasteiger charge is -2.38. The summed E-state index contributed by atoms with van der Waals surface area (Å²) in [6.07, 6.45) is 4.26. The summed E-state index contributed by atoms with van der Waals surface area (Å²) in [6, 6.07) is 5.42. The van der Waals surface area contributed by atoms with Gasteiger partial charge in [-0.25, -0.2) is 8.78 Å². The van der Waals surface area contributed by atoms with Crippen LogP contribution < -0.4 is 0 Å². The lowest BCUT2D eigenvalue weighted by Crippen LogP contribution is -2.34. The molecule has 5 heteroatoms. The van der Waals surface area contributed by atoms with E-state index >= 15 is 0 Å². The molecule has 1 aliphatic rings. The lowest BCUT2D eigenvalue weighted by atomic mass is 9.65. The Labute approximate surface area is 140 Å². The van der Waals surface area contributed by atoms with Crippen molar-refractivity contribution in [2.24, 2.45) is 10.8 Å². The van der Waals surface area contributed by atoms with Crippen LogP contribution in [0.1, 0.15) is 45.1 Å². The maximum Gasteiger partial charge on any atom is 0.135 e. The molecule has 0 unspecified atom stereocenters. The van der Waals surface area contributed by atoms with E-state index in [9.17, 15) is 13.6 Å². The van der Waals surface area contributed by atoms with Crippen molar-refractivity contribution in [3.05, 3.63) is 47.7 Å². The van der Waals surface area contributed by atoms with E-state index in [1.165, 1.54) is 18.2 Å². The minimum atomic E-state index is -0.662. The third-order valence-corrected chi connectivity index (χ3v) is 5.85. The Morgan fingerprint density at radius 3 is 2.46 bits per heavy atom. The fraction of sp³-hybridized carbons (Fsp3) is 0.421. The van der Waals surface area contributed by atoms with Crippen molar-refractivity contribution in [1.29, 1.82) is 0 Å². The summed E-state index contributed by atoms with van der Waals surface area (Å²) in [5.74, 6) is -1.24. The predicted molar refractivity (Wildman–Crippen MR) is 87.3 cm³/mol. The number of aldehydes is 1. The van der Waals surface area contributed by atoms with Crippen LogP contribution in [0.4, 0.5) is 8.78 Å². The highest BCUT2D eigenvalue weighted by Gasteiger charge is 2.52. The molecule has 3 nitrogen and oxygen atoms in total. The zero-order valence-electron chi connectivity index (χ0n) is 14.0. The molecule has 3 rings (SSSR count). The maximum absolute atomic E-state index is 14.0. The maximum atomic E-state index is 14.0. The van der Waals surface area contributed by atoms with Crippen LogP contribution in [0.2, 0.25) is 0 Å². The van der Waals surface area contributed by atoms with Gasteiger partial charge in [0.1, 0.15) is 17.9 Å². The van der Waals surface area contributed by atoms with Gasteiger partial charge in [-0.3, -0.25) is 0 Å². The number of benzene rings is 1. The number of hydrogen-bond donors (Lipinski definition) is 0. The average molecular weight is 330 g/mol. The van der Waals surface area contributed by atoms with Gasteiger partial charge in [-0.15, -0.1) is 0 Å². The van der Waals surface area contributed by atoms with E-state index in [4.69, 9.17) is 0 Å². The number of carbonyl (C=O) groups is 1. The molecule has 2 atom stereocenters. The molecule has 0 amide bonds. The van der Waals surface area contributed by atoms with E-state index in [1.54, 1.807) is 12.3 Å². The third-order valence-electron chi connectivity index (χ3n) is 5.85. The van der Waals surface area contributed by atoms with Gasteiger partial charge in [-0.2, -0.15) is 10.2 Å². The Morgan fingerprint density at radius 2 is 1.88 bits per heavy atom. The van der Waals surface area contributed by atoms with Crippen molar-refractivity contribution in [2.45, 2.75) is 39.5 Å². The van der Waals surface area contributed by atoms with Crippen LogP contribution in [-0.4, -0.2) is 16.5 Å². The van der Waals surface area contributed by atoms with Crippen LogP contribution in [0.5, 0.6) is 0 Å². The Balaban J connectivity index is 2.05. The summed E-state index contributed by atoms with van der Waals surface area (Å²) < 4.78 is 28.0. The second kappa shape index (κ2) is 5.72. The normalized spacial score (nSPS) is 25.6. The van der Waals surface area contributed by atoms with E-state index in [2.05, 4.69) is 24.0 Å². The molecule has 1 fully saturated rings. The topological polar surface area (TPSA) is 42.9 Å². The van der Waals surface area contributed by atoms with E-state index in [0.29, 0.717) is 0 Å². The molecule has 1 aromatic heterocycles. The summed E-state index contributed by atoms with van der Waals surface area (Å²) in [4.78, 5) is 11.6. The van der Waals surface area contributed by atoms with Gasteiger partial charge < -0.3 is 4.79 Å². The fourth-order valence-corrected chi connectivity index (χ4v) is 3.76. The summed E-state index contributed by atoms with van der Waals surface area (Å²) in [5, 5.41) is 7.86. The SMILES string of the molecule is CC1(C)[C@@H](c2cnnc(-c3c(F)cccc3F)c2)CC[C@]1(C)C=O. The van der Waals surface area contributed by atoms with Gasteiger partial charge in [0.05, 0.1) is 17.5 Å². The molecule has 1 saturated carbocycles. The Morgan fingerprint density at radius 1 is 1.21 bits per heavy atom. The minimum Gasteiger partial charge on any atom is -0.303 e. The fourth-order valence-electron chi connectivity index (χ4n) is 3.76. The van der Waals surface area contributed by atoms with Crippen molar-refractivity contribution < 1.29 is 13.6 Å². The van der Waals surface area contributed by atoms with Crippen LogP contribution in [-0.2, 0) is 4.79 Å². The molecule has 0 aliphatic heterocycles. The van der Waals surface area contributed by atoms with Crippen LogP contribution in [0.15, 0.2) is 30.5 Å². The summed E-state index contributed by atoms with van der Waals surface area (Å²) in [6.45, 7) is 6.08. The molecule has 2 aromatic rings. The van der Waals surface area contributed by atoms with E-state index in [1.807, 2.05) is 6.92 Å². The zero-order valence-corrected chi connectivity index (χ0v) is 14.0. The van der Waals surface area contributed by atoms with Gasteiger partial charge in [0.2, 0.25) is 0 Å². The number of carbonyl (C=O) groups excluding carboxylic acids is 1. The molecule has 1 aromatic carbocycles. The predicted octanol–water partition coefficient (Wildman–Crippen LogP) is 4.53. The summed E-state index contributed by atoms with van der Waals surface area (Å²) >= 11 is 0. The van der Waals surface area contributed by atoms with E-state index < -0.39 is 17.0 Å². The second-order valence-electron chi connectivity index (χ2n) is 7.32. The average Bonchev–Trinajstić information content (AvgIpc) is 2.78. The highest BCUT2D eigenvalue weighted by Crippen LogP contribution is 2.58. The van der Waals surface area contributed by atoms with Crippen LogP contribution in [0.25, 0.3) is 11.3 Å². The molecule has 126 valence electrons. The first-order valence-corrected chi connectivity index (χ1v) is 8.03. The Kier molecular flexibility index (Phi) is 3.98. The lowest BCUT2D eigenvalue weighted by molar-refractivity contribution is -0.119. The molecule has 1 heterocycles. The quantitative estimate of drug-likeness (QED) is 0.777. The number of aromatic nitrogens is 2. The van der Waals surface area contributed by atoms with Gasteiger partial charge in [-0.05, 0) is 47.9 Å². The van der Waals surface area contributed by atoms with Gasteiger partial charge in [0.25, 0.3) is 0 Å². The Bertz CT molecular complexity index is 770. The van der Waals surface area contributed by atoms with Gasteiger partial charge in [0, 0.05) is 5.41 Å². The van der Waals surface area contributed by atoms with E-state index in [0.717, 1.165) is 24.7 Å². The molecule has 0 bridgehead atoms. The largest absolute Gasteiger partial charge is 0.303 e. The van der Waals surface area contributed by atoms with Crippen LogP contribution >= 0.6 is 0 Å². The second-order valence-corrected chi connectivity index (χ2v) is 7.32. The van der Waals surface area contributed by atoms with Crippen molar-refractivity contribution in [3.8, 4) is 11.3 Å². The van der Waals surface area contributed by atoms with Gasteiger partial charge in [-0.1, -0.05) is 26.8 Å². The van der Waals surface area contributed by atoms with Crippen molar-refractivity contribution in [2.75, 3.05) is 0 Å². The third kappa shape index (κ3) is 2.43. The van der Waals surface area contributed by atoms with E-state index in [-0.39, 0.29) is 22.6 Å². The molecule has 0 radical (unpaired) electrons. The van der Waals surface area contributed by atoms with Gasteiger partial charge >= 0.3 is 0 Å². The molecule has 0 saturated heterocycles. The summed E-state index contributed by atoms with van der Waals surface area (Å²) in [5.41, 5.74) is 0.172. The standard InChI is InChI=1S/C19H20F2N2O/c1-18(2)13(7-8-19(18,3)11-24)12-9-16(23-22-10-12)17-14(20)5-4-6-15(17)21/h4-6,9-11,13H,7-8H2,1-3H3/t13-,19-/m1/s1. The number of halogens is 2. The minimum absolute atomic E-state index is 0.0804. The first kappa shape index (κ1) is 16.7. The van der Waals surface area contributed by atoms with Crippen LogP contribution in [0.3, 0.4) is 0 Å². The molecular formula is C19H20F2N2O. The van der Waals surface area contributed by atoms with Crippen molar-refractivity contribution in [1.82, 2.24) is 10.2 Å². The molecule has 0 spiro atoms. The summed E-state index contributed by atoms with van der Waals surface area (Å²) in [7, 11) is 0. The Hall–Kier alpha value is -2.17. The molecule has 24 heavy (non-hydrogen) atoms. The number of rotatable bonds is 3. The molecule has 0 N–H and O–H groups in total. The first-order chi connectivity index (χ1) is 11.3. The molecular weight excluding hydrogens is 310 g/mol. The highest BCUT2D eigenvalue weighted by atomic mass is 19.1. The number of nitrogens with zero attached hydrogens (tertiary/aromatic N) is 2. The van der Waals surface area contributed by atoms with Crippen molar-refractivity contribution in [3.63, 3.8) is 0 Å². The van der Waals surface area contributed by atoms with Crippen molar-refractivity contribution >= 4 is 6.29 Å². The molecule has 1 aliphatic carbocycles. The zero-order chi connectivity index (χ0) is 17.5.